The van der Waals surface area contributed by atoms with E-state index < -0.39 is 18.1 Å². The average molecular weight is 508 g/mol. The van der Waals surface area contributed by atoms with Crippen LogP contribution < -0.4 is 5.32 Å². The third-order valence-corrected chi connectivity index (χ3v) is 7.46. The number of carbonyl (C=O) groups excluding carboxylic acids is 1. The number of anilines is 1. The van der Waals surface area contributed by atoms with E-state index in [4.69, 9.17) is 14.7 Å². The number of hydrogen-bond donors (Lipinski definition) is 1. The number of alkyl halides is 3. The summed E-state index contributed by atoms with van der Waals surface area (Å²) in [5.41, 5.74) is 0.788. The summed E-state index contributed by atoms with van der Waals surface area (Å²) in [4.78, 5) is 26.3. The molecule has 1 aromatic heterocycles. The number of halogens is 3. The lowest BCUT2D eigenvalue weighted by Crippen LogP contribution is -2.51. The van der Waals surface area contributed by atoms with E-state index in [0.717, 1.165) is 43.5 Å². The van der Waals surface area contributed by atoms with Crippen LogP contribution in [0.2, 0.25) is 0 Å². The first-order chi connectivity index (χ1) is 17.2. The van der Waals surface area contributed by atoms with E-state index in [2.05, 4.69) is 15.1 Å². The molecule has 2 unspecified atom stereocenters. The Balaban J connectivity index is 1.43. The zero-order valence-corrected chi connectivity index (χ0v) is 21.2. The van der Waals surface area contributed by atoms with Crippen molar-refractivity contribution < 1.29 is 22.7 Å². The van der Waals surface area contributed by atoms with Gasteiger partial charge in [-0.2, -0.15) is 13.2 Å². The highest BCUT2D eigenvalue weighted by Crippen LogP contribution is 2.39. The number of hydrogen-bond acceptors (Lipinski definition) is 7. The van der Waals surface area contributed by atoms with Crippen molar-refractivity contribution in [2.24, 2.45) is 11.8 Å². The van der Waals surface area contributed by atoms with Crippen molar-refractivity contribution in [2.45, 2.75) is 64.3 Å². The van der Waals surface area contributed by atoms with Crippen molar-refractivity contribution in [1.82, 2.24) is 19.8 Å². The second-order valence-electron chi connectivity index (χ2n) is 10.3. The van der Waals surface area contributed by atoms with Gasteiger partial charge in [0.1, 0.15) is 17.7 Å². The first-order valence-electron chi connectivity index (χ1n) is 12.8. The van der Waals surface area contributed by atoms with Crippen LogP contribution in [-0.4, -0.2) is 77.3 Å². The van der Waals surface area contributed by atoms with Gasteiger partial charge in [-0.3, -0.25) is 9.80 Å². The molecule has 2 aliphatic rings. The molecular formula is C26H36F3N5O2. The van der Waals surface area contributed by atoms with Crippen LogP contribution >= 0.6 is 0 Å². The molecule has 0 radical (unpaired) electrons. The van der Waals surface area contributed by atoms with Gasteiger partial charge in [-0.05, 0) is 37.3 Å². The number of piperazine rings is 1. The van der Waals surface area contributed by atoms with E-state index in [1.165, 1.54) is 7.11 Å². The lowest BCUT2D eigenvalue weighted by Gasteiger charge is -2.42. The molecule has 3 atom stereocenters. The summed E-state index contributed by atoms with van der Waals surface area (Å²) in [7, 11) is 1.37. The normalized spacial score (nSPS) is 23.1. The van der Waals surface area contributed by atoms with Gasteiger partial charge in [-0.1, -0.05) is 32.4 Å². The number of fused-ring (bicyclic) bond motifs is 1. The van der Waals surface area contributed by atoms with Crippen LogP contribution in [0.5, 0.6) is 0 Å². The Morgan fingerprint density at radius 3 is 2.53 bits per heavy atom. The molecule has 0 spiro atoms. The zero-order valence-electron chi connectivity index (χ0n) is 21.2. The summed E-state index contributed by atoms with van der Waals surface area (Å²) in [6.45, 7) is 7.42. The van der Waals surface area contributed by atoms with Gasteiger partial charge in [0.2, 0.25) is 0 Å². The highest BCUT2D eigenvalue weighted by Gasteiger charge is 2.43. The van der Waals surface area contributed by atoms with Gasteiger partial charge in [0, 0.05) is 37.6 Å². The number of rotatable bonds is 7. The molecule has 1 N–H and O–H groups in total. The monoisotopic (exact) mass is 507 g/mol. The van der Waals surface area contributed by atoms with Crippen molar-refractivity contribution >= 4 is 22.7 Å². The number of carbonyl (C=O) groups is 1. The van der Waals surface area contributed by atoms with Crippen molar-refractivity contribution in [1.29, 1.82) is 0 Å². The van der Waals surface area contributed by atoms with E-state index in [1.54, 1.807) is 0 Å². The van der Waals surface area contributed by atoms with Gasteiger partial charge >= 0.3 is 12.1 Å². The number of aromatic nitrogens is 2. The number of para-hydroxylation sites is 1. The Hall–Kier alpha value is -2.46. The molecule has 1 aliphatic heterocycles. The third kappa shape index (κ3) is 6.26. The Bertz CT molecular complexity index is 1040. The standard InChI is InChI=1S/C26H36F3N5O2/c1-17(2)23(25(35)36-3)32-24-20-9-4-5-10-21(20)30-22(31-24)16-33-11-13-34(14-12-33)19-8-6-7-18(15-19)26(27,28)29/h4-5,9-10,17-19,23H,6-8,11-16H2,1-3H3,(H,30,31,32)/t18?,19?,23-/m0/s1. The minimum Gasteiger partial charge on any atom is -0.467 e. The molecule has 7 nitrogen and oxygen atoms in total. The minimum atomic E-state index is -4.10. The van der Waals surface area contributed by atoms with Gasteiger partial charge in [-0.25, -0.2) is 14.8 Å². The van der Waals surface area contributed by atoms with E-state index in [0.29, 0.717) is 24.6 Å². The maximum Gasteiger partial charge on any atom is 0.391 e. The summed E-state index contributed by atoms with van der Waals surface area (Å²) >= 11 is 0. The number of esters is 1. The third-order valence-electron chi connectivity index (χ3n) is 7.46. The molecule has 0 amide bonds. The second kappa shape index (κ2) is 11.3. The van der Waals surface area contributed by atoms with Gasteiger partial charge < -0.3 is 10.1 Å². The molecule has 4 rings (SSSR count). The second-order valence-corrected chi connectivity index (χ2v) is 10.3. The van der Waals surface area contributed by atoms with Crippen LogP contribution in [0.1, 0.15) is 45.4 Å². The van der Waals surface area contributed by atoms with Gasteiger partial charge in [-0.15, -0.1) is 0 Å². The Morgan fingerprint density at radius 2 is 1.86 bits per heavy atom. The van der Waals surface area contributed by atoms with E-state index in [1.807, 2.05) is 38.1 Å². The lowest BCUT2D eigenvalue weighted by molar-refractivity contribution is -0.187. The fraction of sp³-hybridized carbons (Fsp3) is 0.654. The SMILES string of the molecule is COC(=O)[C@@H](Nc1nc(CN2CCN(C3CCCC(C(F)(F)F)C3)CC2)nc2ccccc12)C(C)C. The van der Waals surface area contributed by atoms with Crippen LogP contribution in [0.4, 0.5) is 19.0 Å². The van der Waals surface area contributed by atoms with Crippen LogP contribution in [0.3, 0.4) is 0 Å². The molecule has 2 fully saturated rings. The smallest absolute Gasteiger partial charge is 0.391 e. The summed E-state index contributed by atoms with van der Waals surface area (Å²) in [6, 6.07) is 7.14. The molecule has 198 valence electrons. The van der Waals surface area contributed by atoms with Crippen LogP contribution in [0, 0.1) is 11.8 Å². The van der Waals surface area contributed by atoms with Gasteiger partial charge in [0.05, 0.1) is 25.1 Å². The Kier molecular flexibility index (Phi) is 8.34. The van der Waals surface area contributed by atoms with Gasteiger partial charge in [0.15, 0.2) is 0 Å². The highest BCUT2D eigenvalue weighted by molar-refractivity contribution is 5.91. The molecule has 2 aromatic rings. The topological polar surface area (TPSA) is 70.6 Å². The predicted octanol–water partition coefficient (Wildman–Crippen LogP) is 4.48. The Labute approximate surface area is 210 Å². The highest BCUT2D eigenvalue weighted by atomic mass is 19.4. The number of methoxy groups -OCH3 is 1. The summed E-state index contributed by atoms with van der Waals surface area (Å²) in [5, 5.41) is 4.10. The van der Waals surface area contributed by atoms with E-state index >= 15 is 0 Å². The van der Waals surface area contributed by atoms with Crippen LogP contribution in [0.25, 0.3) is 10.9 Å². The van der Waals surface area contributed by atoms with Gasteiger partial charge in [0.25, 0.3) is 0 Å². The quantitative estimate of drug-likeness (QED) is 0.554. The summed E-state index contributed by atoms with van der Waals surface area (Å²) in [6.07, 6.45) is -2.15. The summed E-state index contributed by atoms with van der Waals surface area (Å²) < 4.78 is 44.7. The van der Waals surface area contributed by atoms with Crippen molar-refractivity contribution in [3.63, 3.8) is 0 Å². The van der Waals surface area contributed by atoms with Crippen molar-refractivity contribution in [2.75, 3.05) is 38.6 Å². The molecule has 10 heteroatoms. The summed E-state index contributed by atoms with van der Waals surface area (Å²) in [5.74, 6) is -0.281. The number of nitrogens with zero attached hydrogens (tertiary/aromatic N) is 4. The fourth-order valence-corrected chi connectivity index (χ4v) is 5.36. The molecule has 2 heterocycles. The predicted molar refractivity (Wildman–Crippen MR) is 132 cm³/mol. The molecule has 36 heavy (non-hydrogen) atoms. The first kappa shape index (κ1) is 26.6. The molecule has 1 saturated heterocycles. The molecular weight excluding hydrogens is 471 g/mol. The molecule has 0 bridgehead atoms. The van der Waals surface area contributed by atoms with E-state index in [-0.39, 0.29) is 30.8 Å². The first-order valence-corrected chi connectivity index (χ1v) is 12.8. The molecule has 1 saturated carbocycles. The maximum atomic E-state index is 13.2. The minimum absolute atomic E-state index is 0.000523. The Morgan fingerprint density at radius 1 is 1.14 bits per heavy atom. The van der Waals surface area contributed by atoms with Crippen molar-refractivity contribution in [3.05, 3.63) is 30.1 Å². The maximum absolute atomic E-state index is 13.2. The zero-order chi connectivity index (χ0) is 25.9. The fourth-order valence-electron chi connectivity index (χ4n) is 5.36. The number of ether oxygens (including phenoxy) is 1. The molecule has 1 aromatic carbocycles. The van der Waals surface area contributed by atoms with Crippen LogP contribution in [-0.2, 0) is 16.1 Å². The number of nitrogens with one attached hydrogen (secondary N) is 1. The lowest BCUT2D eigenvalue weighted by atomic mass is 9.84. The average Bonchev–Trinajstić information content (AvgIpc) is 2.86. The largest absolute Gasteiger partial charge is 0.467 e. The molecule has 1 aliphatic carbocycles. The van der Waals surface area contributed by atoms with Crippen molar-refractivity contribution in [3.8, 4) is 0 Å². The van der Waals surface area contributed by atoms with Crippen LogP contribution in [0.15, 0.2) is 24.3 Å². The number of benzene rings is 1. The van der Waals surface area contributed by atoms with E-state index in [9.17, 15) is 18.0 Å².